The number of hydrogen-bond acceptors (Lipinski definition) is 4. The smallest absolute Gasteiger partial charge is 0.383 e. The standard InChI is InChI=1S/C17H12F5N5O/c1-27-13(7-14(26-27)17(20,21)22)9-3-5-11(24-15(9)23)16(28)25-12-6-8(18)2-4-10(12)19/h2-7H,1H3,(H2,23,24)(H,25,28). The van der Waals surface area contributed by atoms with E-state index in [1.165, 1.54) is 19.2 Å². The van der Waals surface area contributed by atoms with Crippen molar-refractivity contribution >= 4 is 17.4 Å². The molecule has 146 valence electrons. The molecular weight excluding hydrogens is 385 g/mol. The average molecular weight is 397 g/mol. The molecule has 3 aromatic rings. The number of nitrogens with one attached hydrogen (secondary N) is 1. The fraction of sp³-hybridized carbons (Fsp3) is 0.118. The van der Waals surface area contributed by atoms with Crippen LogP contribution < -0.4 is 11.1 Å². The molecule has 0 bridgehead atoms. The summed E-state index contributed by atoms with van der Waals surface area (Å²) in [5.41, 5.74) is 4.21. The van der Waals surface area contributed by atoms with Crippen LogP contribution in [0.3, 0.4) is 0 Å². The van der Waals surface area contributed by atoms with Gasteiger partial charge in [0.1, 0.15) is 23.1 Å². The first kappa shape index (κ1) is 19.3. The van der Waals surface area contributed by atoms with Crippen molar-refractivity contribution in [2.45, 2.75) is 6.18 Å². The Morgan fingerprint density at radius 3 is 2.46 bits per heavy atom. The number of amides is 1. The van der Waals surface area contributed by atoms with Gasteiger partial charge in [0.15, 0.2) is 5.69 Å². The van der Waals surface area contributed by atoms with Crippen molar-refractivity contribution in [2.75, 3.05) is 11.1 Å². The van der Waals surface area contributed by atoms with E-state index in [4.69, 9.17) is 5.73 Å². The second-order valence-electron chi connectivity index (χ2n) is 5.74. The summed E-state index contributed by atoms with van der Waals surface area (Å²) < 4.78 is 66.2. The van der Waals surface area contributed by atoms with Crippen molar-refractivity contribution in [3.05, 3.63) is 59.4 Å². The molecule has 0 saturated carbocycles. The molecule has 3 rings (SSSR count). The lowest BCUT2D eigenvalue weighted by atomic mass is 10.1. The topological polar surface area (TPSA) is 85.8 Å². The highest BCUT2D eigenvalue weighted by Crippen LogP contribution is 2.33. The summed E-state index contributed by atoms with van der Waals surface area (Å²) in [6.45, 7) is 0. The molecule has 1 amide bonds. The molecule has 0 aliphatic carbocycles. The summed E-state index contributed by atoms with van der Waals surface area (Å²) in [5.74, 6) is -2.71. The van der Waals surface area contributed by atoms with Gasteiger partial charge in [-0.05, 0) is 30.3 Å². The first-order valence-electron chi connectivity index (χ1n) is 7.71. The minimum Gasteiger partial charge on any atom is -0.383 e. The summed E-state index contributed by atoms with van der Waals surface area (Å²) in [5, 5.41) is 5.53. The second-order valence-corrected chi connectivity index (χ2v) is 5.74. The van der Waals surface area contributed by atoms with Crippen molar-refractivity contribution < 1.29 is 26.7 Å². The molecule has 2 heterocycles. The van der Waals surface area contributed by atoms with Gasteiger partial charge in [-0.2, -0.15) is 18.3 Å². The Morgan fingerprint density at radius 2 is 1.86 bits per heavy atom. The highest BCUT2D eigenvalue weighted by molar-refractivity contribution is 6.03. The molecule has 0 atom stereocenters. The van der Waals surface area contributed by atoms with Crippen LogP contribution in [0.25, 0.3) is 11.3 Å². The predicted octanol–water partition coefficient (Wildman–Crippen LogP) is 3.61. The molecule has 3 N–H and O–H groups in total. The van der Waals surface area contributed by atoms with Crippen molar-refractivity contribution in [1.82, 2.24) is 14.8 Å². The minimum atomic E-state index is -4.63. The summed E-state index contributed by atoms with van der Waals surface area (Å²) in [4.78, 5) is 16.0. The van der Waals surface area contributed by atoms with Crippen molar-refractivity contribution in [3.63, 3.8) is 0 Å². The number of aryl methyl sites for hydroxylation is 1. The van der Waals surface area contributed by atoms with E-state index in [9.17, 15) is 26.7 Å². The molecule has 0 spiro atoms. The normalized spacial score (nSPS) is 11.5. The van der Waals surface area contributed by atoms with E-state index < -0.39 is 35.1 Å². The van der Waals surface area contributed by atoms with Gasteiger partial charge >= 0.3 is 6.18 Å². The molecule has 11 heteroatoms. The molecule has 0 fully saturated rings. The van der Waals surface area contributed by atoms with Crippen molar-refractivity contribution in [3.8, 4) is 11.3 Å². The van der Waals surface area contributed by atoms with E-state index in [1.807, 2.05) is 0 Å². The second kappa shape index (κ2) is 6.91. The summed E-state index contributed by atoms with van der Waals surface area (Å²) >= 11 is 0. The Labute approximate surface area is 154 Å². The molecule has 28 heavy (non-hydrogen) atoms. The summed E-state index contributed by atoms with van der Waals surface area (Å²) in [7, 11) is 1.30. The average Bonchev–Trinajstić information content (AvgIpc) is 3.00. The largest absolute Gasteiger partial charge is 0.435 e. The van der Waals surface area contributed by atoms with Crippen LogP contribution in [0.5, 0.6) is 0 Å². The quantitative estimate of drug-likeness (QED) is 0.661. The Hall–Kier alpha value is -3.50. The fourth-order valence-corrected chi connectivity index (χ4v) is 2.46. The Bertz CT molecular complexity index is 1060. The molecular formula is C17H12F5N5O. The first-order valence-corrected chi connectivity index (χ1v) is 7.71. The molecule has 0 aliphatic heterocycles. The van der Waals surface area contributed by atoms with E-state index in [0.29, 0.717) is 0 Å². The Balaban J connectivity index is 1.89. The van der Waals surface area contributed by atoms with Gasteiger partial charge in [-0.3, -0.25) is 9.48 Å². The van der Waals surface area contributed by atoms with Gasteiger partial charge in [0.2, 0.25) is 0 Å². The molecule has 0 unspecified atom stereocenters. The van der Waals surface area contributed by atoms with Crippen LogP contribution in [0.2, 0.25) is 0 Å². The number of nitrogens with zero attached hydrogens (tertiary/aromatic N) is 3. The van der Waals surface area contributed by atoms with Crippen molar-refractivity contribution in [2.24, 2.45) is 7.05 Å². The van der Waals surface area contributed by atoms with E-state index in [2.05, 4.69) is 15.4 Å². The molecule has 1 aromatic carbocycles. The van der Waals surface area contributed by atoms with Gasteiger partial charge in [-0.1, -0.05) is 0 Å². The van der Waals surface area contributed by atoms with Gasteiger partial charge in [-0.15, -0.1) is 0 Å². The van der Waals surface area contributed by atoms with Crippen LogP contribution in [0.15, 0.2) is 36.4 Å². The molecule has 0 aliphatic rings. The van der Waals surface area contributed by atoms with Crippen LogP contribution in [0.4, 0.5) is 33.5 Å². The monoisotopic (exact) mass is 397 g/mol. The van der Waals surface area contributed by atoms with Crippen molar-refractivity contribution in [1.29, 1.82) is 0 Å². The molecule has 2 aromatic heterocycles. The number of benzene rings is 1. The number of aromatic nitrogens is 3. The van der Waals surface area contributed by atoms with Gasteiger partial charge < -0.3 is 11.1 Å². The van der Waals surface area contributed by atoms with E-state index >= 15 is 0 Å². The number of halogens is 5. The maximum absolute atomic E-state index is 13.6. The van der Waals surface area contributed by atoms with Gasteiger partial charge in [0.25, 0.3) is 5.91 Å². The number of nitrogen functional groups attached to an aromatic ring is 1. The predicted molar refractivity (Wildman–Crippen MR) is 90.2 cm³/mol. The molecule has 0 saturated heterocycles. The number of alkyl halides is 3. The minimum absolute atomic E-state index is 0.0421. The zero-order chi connectivity index (χ0) is 20.6. The van der Waals surface area contributed by atoms with Crippen LogP contribution in [0.1, 0.15) is 16.2 Å². The Morgan fingerprint density at radius 1 is 1.14 bits per heavy atom. The van der Waals surface area contributed by atoms with E-state index in [0.717, 1.165) is 28.9 Å². The SMILES string of the molecule is Cn1nc(C(F)(F)F)cc1-c1ccc(C(=O)Nc2cc(F)ccc2F)nc1N. The third-order valence-electron chi connectivity index (χ3n) is 3.78. The summed E-state index contributed by atoms with van der Waals surface area (Å²) in [6, 6.07) is 5.80. The molecule has 0 radical (unpaired) electrons. The lowest BCUT2D eigenvalue weighted by molar-refractivity contribution is -0.141. The van der Waals surface area contributed by atoms with Crippen LogP contribution in [-0.2, 0) is 13.2 Å². The third-order valence-corrected chi connectivity index (χ3v) is 3.78. The number of pyridine rings is 1. The highest BCUT2D eigenvalue weighted by Gasteiger charge is 2.35. The summed E-state index contributed by atoms with van der Waals surface area (Å²) in [6.07, 6.45) is -4.63. The van der Waals surface area contributed by atoms with Gasteiger partial charge in [-0.25, -0.2) is 13.8 Å². The number of hydrogen-bond donors (Lipinski definition) is 2. The first-order chi connectivity index (χ1) is 13.1. The number of anilines is 2. The maximum atomic E-state index is 13.6. The number of carbonyl (C=O) groups is 1. The number of nitrogens with two attached hydrogens (primary N) is 1. The Kier molecular flexibility index (Phi) is 4.75. The van der Waals surface area contributed by atoms with E-state index in [-0.39, 0.29) is 22.8 Å². The van der Waals surface area contributed by atoms with E-state index in [1.54, 1.807) is 0 Å². The maximum Gasteiger partial charge on any atom is 0.435 e. The van der Waals surface area contributed by atoms with Crippen LogP contribution in [0, 0.1) is 11.6 Å². The highest BCUT2D eigenvalue weighted by atomic mass is 19.4. The number of rotatable bonds is 3. The number of carbonyl (C=O) groups excluding carboxylic acids is 1. The lowest BCUT2D eigenvalue weighted by Crippen LogP contribution is -2.16. The van der Waals surface area contributed by atoms with Gasteiger partial charge in [0.05, 0.1) is 11.4 Å². The fourth-order valence-electron chi connectivity index (χ4n) is 2.46. The van der Waals surface area contributed by atoms with Crippen LogP contribution in [-0.4, -0.2) is 20.7 Å². The zero-order valence-electron chi connectivity index (χ0n) is 14.2. The van der Waals surface area contributed by atoms with Crippen LogP contribution >= 0.6 is 0 Å². The van der Waals surface area contributed by atoms with Gasteiger partial charge in [0, 0.05) is 18.7 Å². The third kappa shape index (κ3) is 3.77. The molecule has 6 nitrogen and oxygen atoms in total. The lowest BCUT2D eigenvalue weighted by Gasteiger charge is -2.09. The zero-order valence-corrected chi connectivity index (χ0v) is 14.2.